The fourth-order valence-electron chi connectivity index (χ4n) is 6.41. The summed E-state index contributed by atoms with van der Waals surface area (Å²) in [5, 5.41) is 11.1. The van der Waals surface area contributed by atoms with E-state index in [4.69, 9.17) is 18.9 Å². The Bertz CT molecular complexity index is 1090. The summed E-state index contributed by atoms with van der Waals surface area (Å²) in [4.78, 5) is 24.3. The number of benzene rings is 2. The number of aliphatic hydroxyl groups is 1. The molecule has 7 heteroatoms. The zero-order valence-corrected chi connectivity index (χ0v) is 25.9. The number of carbonyl (C=O) groups is 2. The van der Waals surface area contributed by atoms with Crippen LogP contribution in [0.1, 0.15) is 89.3 Å². The number of rotatable bonds is 14. The Balaban J connectivity index is 0.00000237. The minimum absolute atomic E-state index is 0.136. The van der Waals surface area contributed by atoms with Gasteiger partial charge in [-0.05, 0) is 92.4 Å². The van der Waals surface area contributed by atoms with Crippen molar-refractivity contribution in [2.75, 3.05) is 13.2 Å². The molecular weight excluding hydrogens is 532 g/mol. The lowest BCUT2D eigenvalue weighted by Gasteiger charge is -2.32. The molecule has 0 saturated heterocycles. The van der Waals surface area contributed by atoms with Crippen molar-refractivity contribution in [1.29, 1.82) is 0 Å². The Morgan fingerprint density at radius 2 is 1.74 bits per heavy atom. The van der Waals surface area contributed by atoms with Crippen molar-refractivity contribution in [2.45, 2.75) is 104 Å². The third-order valence-electron chi connectivity index (χ3n) is 8.41. The van der Waals surface area contributed by atoms with E-state index in [0.29, 0.717) is 18.4 Å². The molecular formula is C35H50O7. The van der Waals surface area contributed by atoms with Crippen LogP contribution in [0.3, 0.4) is 0 Å². The Morgan fingerprint density at radius 1 is 0.952 bits per heavy atom. The second kappa shape index (κ2) is 17.8. The van der Waals surface area contributed by atoms with Crippen molar-refractivity contribution in [2.24, 2.45) is 17.8 Å². The second-order valence-corrected chi connectivity index (χ2v) is 11.1. The van der Waals surface area contributed by atoms with E-state index in [0.717, 1.165) is 74.7 Å². The maximum atomic E-state index is 12.3. The maximum absolute atomic E-state index is 12.3. The monoisotopic (exact) mass is 582 g/mol. The van der Waals surface area contributed by atoms with Crippen LogP contribution in [-0.2, 0) is 38.5 Å². The fraction of sp³-hybridized carbons (Fsp3) is 0.600. The molecule has 1 N–H and O–H groups in total. The SMILES string of the molecule is CC.CCCCCC(CCC1C2Cc3cccc(OCC(=O)OCc4ccccc4)c3CC2C[C@H]1O)OC(=O)OCC. The fourth-order valence-corrected chi connectivity index (χ4v) is 6.41. The van der Waals surface area contributed by atoms with E-state index in [1.54, 1.807) is 6.92 Å². The summed E-state index contributed by atoms with van der Waals surface area (Å²) in [6.07, 6.45) is 6.87. The molecule has 2 aliphatic carbocycles. The first-order chi connectivity index (χ1) is 20.5. The molecule has 2 aromatic carbocycles. The van der Waals surface area contributed by atoms with Crippen molar-refractivity contribution in [1.82, 2.24) is 0 Å². The number of fused-ring (bicyclic) bond motifs is 2. The van der Waals surface area contributed by atoms with Gasteiger partial charge in [0.05, 0.1) is 12.7 Å². The van der Waals surface area contributed by atoms with E-state index in [-0.39, 0.29) is 31.3 Å². The first kappa shape index (κ1) is 33.4. The van der Waals surface area contributed by atoms with Crippen molar-refractivity contribution >= 4 is 12.1 Å². The lowest BCUT2D eigenvalue weighted by atomic mass is 9.73. The lowest BCUT2D eigenvalue weighted by molar-refractivity contribution is -0.147. The molecule has 0 aromatic heterocycles. The Hall–Kier alpha value is -3.06. The smallest absolute Gasteiger partial charge is 0.482 e. The van der Waals surface area contributed by atoms with Crippen molar-refractivity contribution in [3.05, 3.63) is 65.2 Å². The van der Waals surface area contributed by atoms with Crippen LogP contribution in [0, 0.1) is 17.8 Å². The number of carbonyl (C=O) groups excluding carboxylic acids is 2. The maximum Gasteiger partial charge on any atom is 0.508 e. The minimum atomic E-state index is -0.600. The van der Waals surface area contributed by atoms with Gasteiger partial charge in [0, 0.05) is 0 Å². The van der Waals surface area contributed by atoms with E-state index in [2.05, 4.69) is 13.0 Å². The summed E-state index contributed by atoms with van der Waals surface area (Å²) in [5.74, 6) is 1.21. The number of aliphatic hydroxyl groups excluding tert-OH is 1. The van der Waals surface area contributed by atoms with Gasteiger partial charge in [-0.2, -0.15) is 0 Å². The van der Waals surface area contributed by atoms with Crippen LogP contribution in [-0.4, -0.2) is 42.7 Å². The van der Waals surface area contributed by atoms with Gasteiger partial charge < -0.3 is 24.1 Å². The molecule has 1 fully saturated rings. The molecule has 0 spiro atoms. The zero-order valence-electron chi connectivity index (χ0n) is 25.9. The summed E-state index contributed by atoms with van der Waals surface area (Å²) >= 11 is 0. The Kier molecular flexibility index (Phi) is 14.2. The second-order valence-electron chi connectivity index (χ2n) is 11.1. The van der Waals surface area contributed by atoms with Crippen LogP contribution in [0.2, 0.25) is 0 Å². The van der Waals surface area contributed by atoms with Gasteiger partial charge in [-0.3, -0.25) is 0 Å². The molecule has 4 rings (SSSR count). The van der Waals surface area contributed by atoms with Gasteiger partial charge in [0.1, 0.15) is 18.5 Å². The van der Waals surface area contributed by atoms with Crippen molar-refractivity contribution in [3.8, 4) is 5.75 Å². The van der Waals surface area contributed by atoms with Crippen LogP contribution in [0.5, 0.6) is 5.75 Å². The van der Waals surface area contributed by atoms with Gasteiger partial charge in [-0.15, -0.1) is 0 Å². The number of unbranched alkanes of at least 4 members (excludes halogenated alkanes) is 2. The summed E-state index contributed by atoms with van der Waals surface area (Å²) in [6, 6.07) is 15.6. The molecule has 0 aliphatic heterocycles. The molecule has 5 atom stereocenters. The van der Waals surface area contributed by atoms with Crippen LogP contribution in [0.15, 0.2) is 48.5 Å². The number of esters is 1. The predicted molar refractivity (Wildman–Crippen MR) is 163 cm³/mol. The Morgan fingerprint density at radius 3 is 2.48 bits per heavy atom. The van der Waals surface area contributed by atoms with Gasteiger partial charge >= 0.3 is 12.1 Å². The quantitative estimate of drug-likeness (QED) is 0.183. The highest BCUT2D eigenvalue weighted by atomic mass is 16.7. The van der Waals surface area contributed by atoms with Gasteiger partial charge in [0.2, 0.25) is 0 Å². The largest absolute Gasteiger partial charge is 0.508 e. The topological polar surface area (TPSA) is 91.3 Å². The van der Waals surface area contributed by atoms with Crippen molar-refractivity contribution < 1.29 is 33.6 Å². The lowest BCUT2D eigenvalue weighted by Crippen LogP contribution is -2.29. The highest BCUT2D eigenvalue weighted by molar-refractivity contribution is 5.71. The van der Waals surface area contributed by atoms with Crippen LogP contribution >= 0.6 is 0 Å². The van der Waals surface area contributed by atoms with Crippen LogP contribution in [0.25, 0.3) is 0 Å². The van der Waals surface area contributed by atoms with Crippen LogP contribution < -0.4 is 4.74 Å². The van der Waals surface area contributed by atoms with Gasteiger partial charge in [0.25, 0.3) is 0 Å². The highest BCUT2D eigenvalue weighted by Gasteiger charge is 2.45. The number of hydrogen-bond donors (Lipinski definition) is 1. The van der Waals surface area contributed by atoms with Crippen molar-refractivity contribution in [3.63, 3.8) is 0 Å². The normalized spacial score (nSPS) is 21.2. The molecule has 2 aromatic rings. The average molecular weight is 583 g/mol. The zero-order chi connectivity index (χ0) is 30.3. The molecule has 4 unspecified atom stereocenters. The van der Waals surface area contributed by atoms with Gasteiger partial charge in [-0.1, -0.05) is 76.1 Å². The first-order valence-electron chi connectivity index (χ1n) is 15.9. The minimum Gasteiger partial charge on any atom is -0.482 e. The van der Waals surface area contributed by atoms with Gasteiger partial charge in [0.15, 0.2) is 6.61 Å². The molecule has 42 heavy (non-hydrogen) atoms. The van der Waals surface area contributed by atoms with E-state index < -0.39 is 12.1 Å². The Labute approximate surface area is 251 Å². The summed E-state index contributed by atoms with van der Waals surface area (Å²) in [5.41, 5.74) is 3.29. The van der Waals surface area contributed by atoms with E-state index in [9.17, 15) is 14.7 Å². The van der Waals surface area contributed by atoms with E-state index >= 15 is 0 Å². The standard InChI is InChI=1S/C33H44O7.C2H6/c1-3-5-7-14-26(40-33(36)37-4-2)16-17-27-28-18-24-13-10-15-31(29(24)19-25(28)20-30(27)34)38-22-32(35)39-21-23-11-8-6-9-12-23;1-2/h6,8-13,15,25-28,30,34H,3-5,7,14,16-22H2,1-2H3;1-2H3/t25?,26?,27?,28?,30-;/m1./s1. The van der Waals surface area contributed by atoms with E-state index in [1.807, 2.05) is 56.3 Å². The summed E-state index contributed by atoms with van der Waals surface area (Å²) < 4.78 is 22.0. The predicted octanol–water partition coefficient (Wildman–Crippen LogP) is 7.45. The number of ether oxygens (including phenoxy) is 4. The summed E-state index contributed by atoms with van der Waals surface area (Å²) in [6.45, 7) is 8.32. The third-order valence-corrected chi connectivity index (χ3v) is 8.41. The molecule has 0 heterocycles. The average Bonchev–Trinajstić information content (AvgIpc) is 3.31. The number of hydrogen-bond acceptors (Lipinski definition) is 7. The highest BCUT2D eigenvalue weighted by Crippen LogP contribution is 2.48. The van der Waals surface area contributed by atoms with Crippen LogP contribution in [0.4, 0.5) is 4.79 Å². The molecule has 0 radical (unpaired) electrons. The molecule has 0 amide bonds. The van der Waals surface area contributed by atoms with E-state index in [1.165, 1.54) is 5.56 Å². The molecule has 1 saturated carbocycles. The molecule has 7 nitrogen and oxygen atoms in total. The molecule has 0 bridgehead atoms. The molecule has 2 aliphatic rings. The summed E-state index contributed by atoms with van der Waals surface area (Å²) in [7, 11) is 0. The first-order valence-corrected chi connectivity index (χ1v) is 15.9. The van der Waals surface area contributed by atoms with Gasteiger partial charge in [-0.25, -0.2) is 9.59 Å². The molecule has 232 valence electrons. The third kappa shape index (κ3) is 9.75.